The molecule has 0 atom stereocenters. The maximum absolute atomic E-state index is 9.79. The molecule has 5 nitrogen and oxygen atoms in total. The molecule has 0 aromatic carbocycles. The summed E-state index contributed by atoms with van der Waals surface area (Å²) in [5.41, 5.74) is 0. The van der Waals surface area contributed by atoms with Crippen molar-refractivity contribution in [1.29, 1.82) is 0 Å². The van der Waals surface area contributed by atoms with Gasteiger partial charge in [0.15, 0.2) is 0 Å². The SMILES string of the molecule is C/C=C/C=C/C(=O)O.CCCS(=O)(=O)O. The molecule has 0 bridgehead atoms. The predicted octanol–water partition coefficient (Wildman–Crippen LogP) is 1.49. The van der Waals surface area contributed by atoms with Gasteiger partial charge in [-0.25, -0.2) is 4.79 Å². The summed E-state index contributed by atoms with van der Waals surface area (Å²) in [5.74, 6) is -1.05. The molecule has 0 unspecified atom stereocenters. The van der Waals surface area contributed by atoms with E-state index in [1.807, 2.05) is 6.92 Å². The molecule has 0 aromatic heterocycles. The van der Waals surface area contributed by atoms with Crippen molar-refractivity contribution in [3.05, 3.63) is 24.3 Å². The van der Waals surface area contributed by atoms with E-state index in [1.54, 1.807) is 19.1 Å². The fraction of sp³-hybridized carbons (Fsp3) is 0.444. The molecule has 0 aromatic rings. The largest absolute Gasteiger partial charge is 0.478 e. The zero-order valence-corrected chi connectivity index (χ0v) is 9.57. The molecule has 0 aliphatic heterocycles. The smallest absolute Gasteiger partial charge is 0.328 e. The van der Waals surface area contributed by atoms with Crippen LogP contribution in [0.5, 0.6) is 0 Å². The highest BCUT2D eigenvalue weighted by Gasteiger charge is 1.98. The van der Waals surface area contributed by atoms with Crippen molar-refractivity contribution in [2.75, 3.05) is 5.75 Å². The zero-order valence-electron chi connectivity index (χ0n) is 8.75. The third kappa shape index (κ3) is 24.6. The van der Waals surface area contributed by atoms with Gasteiger partial charge in [-0.2, -0.15) is 8.42 Å². The standard InChI is InChI=1S/C6H8O2.C3H8O3S/c1-2-3-4-5-6(7)8;1-2-3-7(4,5)6/h2-5H,1H3,(H,7,8);2-3H2,1H3,(H,4,5,6)/b3-2+,5-4+;. The quantitative estimate of drug-likeness (QED) is 0.438. The van der Waals surface area contributed by atoms with Gasteiger partial charge in [0.2, 0.25) is 0 Å². The van der Waals surface area contributed by atoms with Crippen molar-refractivity contribution >= 4 is 16.1 Å². The van der Waals surface area contributed by atoms with Crippen LogP contribution in [0.1, 0.15) is 20.3 Å². The number of hydrogen-bond donors (Lipinski definition) is 2. The van der Waals surface area contributed by atoms with Crippen molar-refractivity contribution in [1.82, 2.24) is 0 Å². The van der Waals surface area contributed by atoms with E-state index in [1.165, 1.54) is 6.08 Å². The van der Waals surface area contributed by atoms with Crippen molar-refractivity contribution in [2.24, 2.45) is 0 Å². The molecule has 0 spiro atoms. The minimum atomic E-state index is -3.67. The number of carbonyl (C=O) groups is 1. The van der Waals surface area contributed by atoms with Crippen LogP contribution in [0.2, 0.25) is 0 Å². The van der Waals surface area contributed by atoms with Gasteiger partial charge in [-0.15, -0.1) is 0 Å². The van der Waals surface area contributed by atoms with Gasteiger partial charge in [0, 0.05) is 6.08 Å². The van der Waals surface area contributed by atoms with Crippen LogP contribution < -0.4 is 0 Å². The lowest BCUT2D eigenvalue weighted by Crippen LogP contribution is -2.01. The summed E-state index contributed by atoms with van der Waals surface area (Å²) in [7, 11) is -3.67. The summed E-state index contributed by atoms with van der Waals surface area (Å²) in [6.45, 7) is 3.51. The van der Waals surface area contributed by atoms with E-state index >= 15 is 0 Å². The molecular weight excluding hydrogens is 220 g/mol. The molecule has 88 valence electrons. The summed E-state index contributed by atoms with van der Waals surface area (Å²) in [4.78, 5) is 9.75. The molecule has 0 saturated heterocycles. The molecule has 2 N–H and O–H groups in total. The Morgan fingerprint density at radius 2 is 1.87 bits per heavy atom. The average Bonchev–Trinajstić information content (AvgIpc) is 2.02. The van der Waals surface area contributed by atoms with Gasteiger partial charge < -0.3 is 5.11 Å². The topological polar surface area (TPSA) is 91.7 Å². The van der Waals surface area contributed by atoms with Crippen molar-refractivity contribution in [3.63, 3.8) is 0 Å². The molecule has 0 rings (SSSR count). The summed E-state index contributed by atoms with van der Waals surface area (Å²) < 4.78 is 27.6. The van der Waals surface area contributed by atoms with Gasteiger partial charge in [-0.1, -0.05) is 25.2 Å². The van der Waals surface area contributed by atoms with Crippen LogP contribution >= 0.6 is 0 Å². The Morgan fingerprint density at radius 3 is 2.07 bits per heavy atom. The lowest BCUT2D eigenvalue weighted by molar-refractivity contribution is -0.131. The van der Waals surface area contributed by atoms with Crippen LogP contribution in [-0.2, 0) is 14.9 Å². The van der Waals surface area contributed by atoms with E-state index in [-0.39, 0.29) is 5.75 Å². The fourth-order valence-corrected chi connectivity index (χ4v) is 1.02. The minimum Gasteiger partial charge on any atom is -0.478 e. The van der Waals surface area contributed by atoms with Crippen molar-refractivity contribution in [2.45, 2.75) is 20.3 Å². The zero-order chi connectivity index (χ0) is 12.3. The number of hydrogen-bond acceptors (Lipinski definition) is 3. The van der Waals surface area contributed by atoms with Gasteiger partial charge in [0.1, 0.15) is 0 Å². The molecular formula is C9H16O5S. The summed E-state index contributed by atoms with van der Waals surface area (Å²) in [6, 6.07) is 0. The van der Waals surface area contributed by atoms with E-state index in [2.05, 4.69) is 0 Å². The van der Waals surface area contributed by atoms with E-state index in [0.717, 1.165) is 6.08 Å². The van der Waals surface area contributed by atoms with Crippen LogP contribution in [0.4, 0.5) is 0 Å². The highest BCUT2D eigenvalue weighted by Crippen LogP contribution is 1.83. The summed E-state index contributed by atoms with van der Waals surface area (Å²) in [6.07, 6.45) is 6.45. The Labute approximate surface area is 89.9 Å². The molecule has 0 heterocycles. The average molecular weight is 236 g/mol. The molecule has 0 fully saturated rings. The molecule has 15 heavy (non-hydrogen) atoms. The van der Waals surface area contributed by atoms with Gasteiger partial charge in [-0.05, 0) is 13.3 Å². The molecule has 0 radical (unpaired) electrons. The van der Waals surface area contributed by atoms with E-state index < -0.39 is 16.1 Å². The Bertz CT molecular complexity index is 313. The number of rotatable bonds is 4. The van der Waals surface area contributed by atoms with Crippen LogP contribution in [0.15, 0.2) is 24.3 Å². The van der Waals surface area contributed by atoms with Crippen LogP contribution in [0, 0.1) is 0 Å². The second-order valence-electron chi connectivity index (χ2n) is 2.51. The number of allylic oxidation sites excluding steroid dienone is 3. The number of aliphatic carboxylic acids is 1. The Balaban J connectivity index is 0. The normalized spacial score (nSPS) is 11.4. The highest BCUT2D eigenvalue weighted by molar-refractivity contribution is 7.85. The molecule has 0 aliphatic carbocycles. The minimum absolute atomic E-state index is 0.132. The molecule has 0 amide bonds. The Hall–Kier alpha value is -1.14. The van der Waals surface area contributed by atoms with Crippen LogP contribution in [0.25, 0.3) is 0 Å². The Morgan fingerprint density at radius 1 is 1.33 bits per heavy atom. The van der Waals surface area contributed by atoms with Crippen molar-refractivity contribution in [3.8, 4) is 0 Å². The number of carboxylic acids is 1. The molecule has 0 saturated carbocycles. The lowest BCUT2D eigenvalue weighted by atomic mass is 10.4. The van der Waals surface area contributed by atoms with E-state index in [4.69, 9.17) is 9.66 Å². The lowest BCUT2D eigenvalue weighted by Gasteiger charge is -1.85. The van der Waals surface area contributed by atoms with Gasteiger partial charge >= 0.3 is 5.97 Å². The second kappa shape index (κ2) is 9.42. The predicted molar refractivity (Wildman–Crippen MR) is 58.3 cm³/mol. The van der Waals surface area contributed by atoms with Gasteiger partial charge in [-0.3, -0.25) is 4.55 Å². The molecule has 0 aliphatic rings. The van der Waals surface area contributed by atoms with Gasteiger partial charge in [0.25, 0.3) is 10.1 Å². The Kier molecular flexibility index (Phi) is 10.2. The third-order valence-corrected chi connectivity index (χ3v) is 1.93. The van der Waals surface area contributed by atoms with Gasteiger partial charge in [0.05, 0.1) is 5.75 Å². The second-order valence-corrected chi connectivity index (χ2v) is 4.08. The van der Waals surface area contributed by atoms with E-state index in [9.17, 15) is 13.2 Å². The maximum atomic E-state index is 9.79. The van der Waals surface area contributed by atoms with Crippen LogP contribution in [-0.4, -0.2) is 29.8 Å². The first kappa shape index (κ1) is 16.3. The monoisotopic (exact) mass is 236 g/mol. The van der Waals surface area contributed by atoms with Crippen LogP contribution in [0.3, 0.4) is 0 Å². The molecule has 6 heteroatoms. The first-order chi connectivity index (χ1) is 6.83. The summed E-state index contributed by atoms with van der Waals surface area (Å²) in [5, 5.41) is 8.02. The first-order valence-electron chi connectivity index (χ1n) is 4.31. The van der Waals surface area contributed by atoms with E-state index in [0.29, 0.717) is 6.42 Å². The van der Waals surface area contributed by atoms with Crippen molar-refractivity contribution < 1.29 is 22.9 Å². The first-order valence-corrected chi connectivity index (χ1v) is 5.91. The number of carboxylic acid groups (broad SMARTS) is 1. The third-order valence-electron chi connectivity index (χ3n) is 1.00. The summed E-state index contributed by atoms with van der Waals surface area (Å²) >= 11 is 0. The fourth-order valence-electron chi connectivity index (χ4n) is 0.507. The highest BCUT2D eigenvalue weighted by atomic mass is 32.2. The maximum Gasteiger partial charge on any atom is 0.328 e.